The van der Waals surface area contributed by atoms with Crippen LogP contribution in [0.1, 0.15) is 47.5 Å². The van der Waals surface area contributed by atoms with E-state index >= 15 is 0 Å². The molecule has 22 heavy (non-hydrogen) atoms. The fraction of sp³-hybridized carbons (Fsp3) is 0.882. The van der Waals surface area contributed by atoms with E-state index in [2.05, 4.69) is 27.7 Å². The number of likely N-dealkylation sites (tertiary alicyclic amines) is 1. The summed E-state index contributed by atoms with van der Waals surface area (Å²) in [4.78, 5) is 25.7. The Morgan fingerprint density at radius 1 is 1.14 bits per heavy atom. The average molecular weight is 313 g/mol. The summed E-state index contributed by atoms with van der Waals surface area (Å²) >= 11 is 0. The van der Waals surface area contributed by atoms with Gasteiger partial charge in [-0.2, -0.15) is 0 Å². The van der Waals surface area contributed by atoms with Gasteiger partial charge >= 0.3 is 5.97 Å². The molecule has 1 saturated heterocycles. The lowest BCUT2D eigenvalue weighted by Crippen LogP contribution is -2.44. The van der Waals surface area contributed by atoms with Gasteiger partial charge < -0.3 is 14.4 Å². The van der Waals surface area contributed by atoms with Crippen LogP contribution in [0.25, 0.3) is 0 Å². The van der Waals surface area contributed by atoms with Crippen molar-refractivity contribution in [2.45, 2.75) is 53.6 Å². The molecule has 0 radical (unpaired) electrons. The highest BCUT2D eigenvalue weighted by Gasteiger charge is 2.26. The monoisotopic (exact) mass is 313 g/mol. The Bertz CT molecular complexity index is 360. The van der Waals surface area contributed by atoms with E-state index < -0.39 is 12.1 Å². The molecule has 1 aliphatic rings. The van der Waals surface area contributed by atoms with Gasteiger partial charge in [-0.1, -0.05) is 27.7 Å². The van der Waals surface area contributed by atoms with Crippen molar-refractivity contribution in [1.82, 2.24) is 4.90 Å². The zero-order valence-electron chi connectivity index (χ0n) is 14.6. The van der Waals surface area contributed by atoms with Crippen molar-refractivity contribution < 1.29 is 19.1 Å². The van der Waals surface area contributed by atoms with E-state index in [9.17, 15) is 9.59 Å². The summed E-state index contributed by atoms with van der Waals surface area (Å²) in [5.41, 5.74) is 0. The van der Waals surface area contributed by atoms with E-state index in [1.54, 1.807) is 11.8 Å². The molecule has 0 spiro atoms. The molecule has 0 aromatic rings. The molecule has 3 atom stereocenters. The summed E-state index contributed by atoms with van der Waals surface area (Å²) < 4.78 is 10.5. The maximum atomic E-state index is 12.1. The van der Waals surface area contributed by atoms with Gasteiger partial charge in [0.05, 0.1) is 0 Å². The lowest BCUT2D eigenvalue weighted by atomic mass is 9.92. The smallest absolute Gasteiger partial charge is 0.335 e. The first-order chi connectivity index (χ1) is 10.3. The van der Waals surface area contributed by atoms with Crippen molar-refractivity contribution in [3.63, 3.8) is 0 Å². The Morgan fingerprint density at radius 2 is 1.73 bits per heavy atom. The van der Waals surface area contributed by atoms with Crippen LogP contribution in [0.15, 0.2) is 0 Å². The maximum Gasteiger partial charge on any atom is 0.335 e. The van der Waals surface area contributed by atoms with Gasteiger partial charge in [0, 0.05) is 19.7 Å². The second kappa shape index (κ2) is 9.13. The first-order valence-corrected chi connectivity index (χ1v) is 8.35. The predicted molar refractivity (Wildman–Crippen MR) is 85.4 cm³/mol. The van der Waals surface area contributed by atoms with E-state index in [-0.39, 0.29) is 12.5 Å². The number of piperidine rings is 1. The lowest BCUT2D eigenvalue weighted by Gasteiger charge is -2.34. The summed E-state index contributed by atoms with van der Waals surface area (Å²) in [6.45, 7) is 12.0. The van der Waals surface area contributed by atoms with Crippen molar-refractivity contribution in [2.75, 3.05) is 26.3 Å². The molecule has 1 fully saturated rings. The van der Waals surface area contributed by atoms with Crippen molar-refractivity contribution in [2.24, 2.45) is 17.8 Å². The third-order valence-electron chi connectivity index (χ3n) is 3.95. The third kappa shape index (κ3) is 6.77. The molecule has 1 aliphatic heterocycles. The summed E-state index contributed by atoms with van der Waals surface area (Å²) in [6.07, 6.45) is 1.43. The highest BCUT2D eigenvalue weighted by atomic mass is 16.6. The van der Waals surface area contributed by atoms with Crippen LogP contribution in [0.3, 0.4) is 0 Å². The van der Waals surface area contributed by atoms with Crippen LogP contribution in [0.5, 0.6) is 0 Å². The van der Waals surface area contributed by atoms with E-state index in [1.807, 2.05) is 0 Å². The van der Waals surface area contributed by atoms with E-state index in [1.165, 1.54) is 0 Å². The van der Waals surface area contributed by atoms with Crippen LogP contribution >= 0.6 is 0 Å². The molecule has 0 bridgehead atoms. The molecule has 0 aliphatic carbocycles. The largest absolute Gasteiger partial charge is 0.454 e. The Hall–Kier alpha value is -1.10. The molecule has 5 nitrogen and oxygen atoms in total. The van der Waals surface area contributed by atoms with Gasteiger partial charge in [-0.3, -0.25) is 4.79 Å². The Morgan fingerprint density at radius 3 is 2.27 bits per heavy atom. The number of hydrogen-bond acceptors (Lipinski definition) is 4. The van der Waals surface area contributed by atoms with Gasteiger partial charge in [0.25, 0.3) is 5.91 Å². The van der Waals surface area contributed by atoms with Gasteiger partial charge in [0.2, 0.25) is 0 Å². The van der Waals surface area contributed by atoms with Crippen molar-refractivity contribution in [3.8, 4) is 0 Å². The van der Waals surface area contributed by atoms with Crippen LogP contribution < -0.4 is 0 Å². The molecular weight excluding hydrogens is 282 g/mol. The summed E-state index contributed by atoms with van der Waals surface area (Å²) in [6, 6.07) is 0. The zero-order chi connectivity index (χ0) is 16.7. The Balaban J connectivity index is 2.29. The molecule has 1 heterocycles. The molecule has 1 amide bonds. The second-order valence-corrected chi connectivity index (χ2v) is 7.05. The third-order valence-corrected chi connectivity index (χ3v) is 3.95. The lowest BCUT2D eigenvalue weighted by molar-refractivity contribution is -0.162. The van der Waals surface area contributed by atoms with Crippen molar-refractivity contribution >= 4 is 11.9 Å². The number of ether oxygens (including phenoxy) is 2. The quantitative estimate of drug-likeness (QED) is 0.678. The fourth-order valence-corrected chi connectivity index (χ4v) is 2.76. The van der Waals surface area contributed by atoms with Gasteiger partial charge in [0.1, 0.15) is 0 Å². The van der Waals surface area contributed by atoms with Gasteiger partial charge in [-0.15, -0.1) is 0 Å². The molecule has 5 heteroatoms. The number of amides is 1. The summed E-state index contributed by atoms with van der Waals surface area (Å²) in [7, 11) is 0. The number of hydrogen-bond donors (Lipinski definition) is 0. The number of rotatable bonds is 7. The van der Waals surface area contributed by atoms with Crippen LogP contribution in [-0.2, 0) is 19.1 Å². The highest BCUT2D eigenvalue weighted by molar-refractivity contribution is 5.82. The minimum atomic E-state index is -0.620. The average Bonchev–Trinajstić information content (AvgIpc) is 2.42. The summed E-state index contributed by atoms with van der Waals surface area (Å²) in [5.74, 6) is 0.965. The van der Waals surface area contributed by atoms with Crippen LogP contribution in [0.4, 0.5) is 0 Å². The summed E-state index contributed by atoms with van der Waals surface area (Å²) in [5, 5.41) is 0. The fourth-order valence-electron chi connectivity index (χ4n) is 2.76. The van der Waals surface area contributed by atoms with Crippen molar-refractivity contribution in [3.05, 3.63) is 0 Å². The molecule has 0 N–H and O–H groups in total. The number of carbonyl (C=O) groups is 2. The highest BCUT2D eigenvalue weighted by Crippen LogP contribution is 2.20. The van der Waals surface area contributed by atoms with Crippen molar-refractivity contribution in [1.29, 1.82) is 0 Å². The maximum absolute atomic E-state index is 12.1. The SMILES string of the molecule is CC(C)CCOC(C)C(=O)OCC(=O)N1CC(C)CC(C)C1. The minimum Gasteiger partial charge on any atom is -0.454 e. The van der Waals surface area contributed by atoms with E-state index in [4.69, 9.17) is 9.47 Å². The zero-order valence-corrected chi connectivity index (χ0v) is 14.6. The molecule has 128 valence electrons. The molecule has 0 aromatic carbocycles. The normalized spacial score (nSPS) is 23.5. The van der Waals surface area contributed by atoms with Crippen LogP contribution in [0, 0.1) is 17.8 Å². The first-order valence-electron chi connectivity index (χ1n) is 8.35. The van der Waals surface area contributed by atoms with E-state index in [0.717, 1.165) is 25.9 Å². The molecule has 0 aromatic heterocycles. The number of esters is 1. The Labute approximate surface area is 134 Å². The topological polar surface area (TPSA) is 55.8 Å². The minimum absolute atomic E-state index is 0.110. The van der Waals surface area contributed by atoms with Gasteiger partial charge in [-0.25, -0.2) is 4.79 Å². The van der Waals surface area contributed by atoms with Gasteiger partial charge in [0.15, 0.2) is 12.7 Å². The number of nitrogens with zero attached hydrogens (tertiary/aromatic N) is 1. The predicted octanol–water partition coefficient (Wildman–Crippen LogP) is 2.49. The molecule has 3 unspecified atom stereocenters. The molecule has 0 saturated carbocycles. The second-order valence-electron chi connectivity index (χ2n) is 7.05. The van der Waals surface area contributed by atoms with Crippen LogP contribution in [0.2, 0.25) is 0 Å². The standard InChI is InChI=1S/C17H31NO4/c1-12(2)6-7-21-15(5)17(20)22-11-16(19)18-9-13(3)8-14(4)10-18/h12-15H,6-11H2,1-5H3. The van der Waals surface area contributed by atoms with E-state index in [0.29, 0.717) is 24.4 Å². The number of carbonyl (C=O) groups excluding carboxylic acids is 2. The van der Waals surface area contributed by atoms with Gasteiger partial charge in [-0.05, 0) is 37.5 Å². The first kappa shape index (κ1) is 18.9. The Kier molecular flexibility index (Phi) is 7.87. The van der Waals surface area contributed by atoms with Crippen LogP contribution in [-0.4, -0.2) is 49.2 Å². The molecule has 1 rings (SSSR count). The molecular formula is C17H31NO4.